The van der Waals surface area contributed by atoms with Gasteiger partial charge in [-0.05, 0) is 74.2 Å². The van der Waals surface area contributed by atoms with E-state index in [2.05, 4.69) is 13.8 Å². The molecule has 4 nitrogen and oxygen atoms in total. The average Bonchev–Trinajstić information content (AvgIpc) is 3.17. The molecule has 4 aliphatic carbocycles. The van der Waals surface area contributed by atoms with Crippen LogP contribution in [-0.4, -0.2) is 27.7 Å². The predicted molar refractivity (Wildman–Crippen MR) is 112 cm³/mol. The molecule has 4 fully saturated rings. The highest BCUT2D eigenvalue weighted by Gasteiger charge is 2.68. The predicted octanol–water partition coefficient (Wildman–Crippen LogP) is 4.85. The van der Waals surface area contributed by atoms with Gasteiger partial charge >= 0.3 is 5.97 Å². The van der Waals surface area contributed by atoms with E-state index < -0.39 is 0 Å². The summed E-state index contributed by atoms with van der Waals surface area (Å²) in [7, 11) is 0. The van der Waals surface area contributed by atoms with Crippen LogP contribution in [0.2, 0.25) is 0 Å². The maximum atomic E-state index is 12.2. The highest BCUT2D eigenvalue weighted by Crippen LogP contribution is 2.70. The minimum Gasteiger partial charge on any atom is -0.458 e. The molecule has 0 aromatic rings. The summed E-state index contributed by atoms with van der Waals surface area (Å²) in [5.41, 5.74) is 1.09. The summed E-state index contributed by atoms with van der Waals surface area (Å²) in [5, 5.41) is 0.409. The Morgan fingerprint density at radius 1 is 1.07 bits per heavy atom. The first-order chi connectivity index (χ1) is 13.7. The van der Waals surface area contributed by atoms with Crippen LogP contribution in [0.1, 0.15) is 78.6 Å². The van der Waals surface area contributed by atoms with Crippen LogP contribution in [0, 0.1) is 28.6 Å². The largest absolute Gasteiger partial charge is 0.458 e. The van der Waals surface area contributed by atoms with Gasteiger partial charge in [-0.3, -0.25) is 14.4 Å². The second-order valence-electron chi connectivity index (χ2n) is 10.7. The monoisotopic (exact) mass is 416 g/mol. The summed E-state index contributed by atoms with van der Waals surface area (Å²) in [6, 6.07) is 0. The fraction of sp³-hybridized carbons (Fsp3) is 0.792. The lowest BCUT2D eigenvalue weighted by atomic mass is 9.46. The van der Waals surface area contributed by atoms with E-state index >= 15 is 0 Å². The number of ketones is 1. The summed E-state index contributed by atoms with van der Waals surface area (Å²) in [6.07, 6.45) is 10.0. The van der Waals surface area contributed by atoms with Gasteiger partial charge in [-0.15, -0.1) is 0 Å². The Hall–Kier alpha value is -1.10. The maximum Gasteiger partial charge on any atom is 0.306 e. The molecule has 1 spiro atoms. The van der Waals surface area contributed by atoms with Crippen molar-refractivity contribution >= 4 is 28.6 Å². The second-order valence-corrected chi connectivity index (χ2v) is 12.1. The summed E-state index contributed by atoms with van der Waals surface area (Å²) in [6.45, 7) is 6.42. The Bertz CT molecular complexity index is 818. The molecule has 0 aromatic heterocycles. The number of ether oxygens (including phenoxy) is 1. The minimum absolute atomic E-state index is 0.0119. The smallest absolute Gasteiger partial charge is 0.306 e. The van der Waals surface area contributed by atoms with Crippen LogP contribution >= 0.6 is 11.8 Å². The number of thioether (sulfide) groups is 1. The van der Waals surface area contributed by atoms with E-state index in [4.69, 9.17) is 4.74 Å². The van der Waals surface area contributed by atoms with Gasteiger partial charge in [0.2, 0.25) is 0 Å². The van der Waals surface area contributed by atoms with Crippen molar-refractivity contribution in [1.82, 2.24) is 0 Å². The van der Waals surface area contributed by atoms with Crippen molar-refractivity contribution in [2.45, 2.75) is 89.4 Å². The van der Waals surface area contributed by atoms with Gasteiger partial charge in [0.1, 0.15) is 5.60 Å². The van der Waals surface area contributed by atoms with E-state index in [0.29, 0.717) is 30.6 Å². The quantitative estimate of drug-likeness (QED) is 0.572. The molecular formula is C24H32O4S. The highest BCUT2D eigenvalue weighted by molar-refractivity contribution is 8.14. The number of rotatable bonds is 1. The van der Waals surface area contributed by atoms with Crippen molar-refractivity contribution in [3.8, 4) is 0 Å². The fourth-order valence-corrected chi connectivity index (χ4v) is 9.36. The third-order valence-electron chi connectivity index (χ3n) is 9.61. The zero-order valence-electron chi connectivity index (χ0n) is 17.8. The third-order valence-corrected chi connectivity index (χ3v) is 10.7. The molecule has 0 radical (unpaired) electrons. The number of carbonyl (C=O) groups is 3. The third kappa shape index (κ3) is 2.68. The first-order valence-electron chi connectivity index (χ1n) is 11.3. The molecule has 1 heterocycles. The standard InChI is InChI=1S/C24H32O4S/c1-14(25)29-19-13-15-12-16(26)4-8-22(15,2)17-5-9-23(3)18(21(17)19)6-10-24(23)11-7-20(27)28-24/h12,17-19,21H,4-11,13H2,1-3H3/t17-,18-,19+,21-,22-,23+,24+/m0/s1. The number of carbonyl (C=O) groups excluding carboxylic acids is 3. The molecule has 5 heteroatoms. The molecule has 0 N–H and O–H groups in total. The van der Waals surface area contributed by atoms with E-state index in [0.717, 1.165) is 44.9 Å². The molecule has 0 bridgehead atoms. The molecule has 0 aromatic carbocycles. The number of hydrogen-bond donors (Lipinski definition) is 0. The lowest BCUT2D eigenvalue weighted by Crippen LogP contribution is -2.57. The van der Waals surface area contributed by atoms with E-state index in [1.165, 1.54) is 17.3 Å². The van der Waals surface area contributed by atoms with Crippen molar-refractivity contribution in [2.24, 2.45) is 28.6 Å². The van der Waals surface area contributed by atoms with Crippen molar-refractivity contribution in [3.05, 3.63) is 11.6 Å². The van der Waals surface area contributed by atoms with Gasteiger partial charge in [0.25, 0.3) is 0 Å². The Morgan fingerprint density at radius 2 is 1.83 bits per heavy atom. The summed E-state index contributed by atoms with van der Waals surface area (Å²) >= 11 is 1.50. The number of esters is 1. The van der Waals surface area contributed by atoms with E-state index in [1.807, 2.05) is 6.08 Å². The van der Waals surface area contributed by atoms with Crippen molar-refractivity contribution in [1.29, 1.82) is 0 Å². The molecule has 5 rings (SSSR count). The topological polar surface area (TPSA) is 60.4 Å². The van der Waals surface area contributed by atoms with Gasteiger partial charge in [-0.25, -0.2) is 0 Å². The summed E-state index contributed by atoms with van der Waals surface area (Å²) < 4.78 is 6.06. The van der Waals surface area contributed by atoms with Gasteiger partial charge in [0, 0.05) is 30.4 Å². The van der Waals surface area contributed by atoms with Crippen LogP contribution in [0.25, 0.3) is 0 Å². The van der Waals surface area contributed by atoms with Crippen LogP contribution < -0.4 is 0 Å². The molecule has 1 aliphatic heterocycles. The van der Waals surface area contributed by atoms with Crippen LogP contribution in [-0.2, 0) is 19.1 Å². The van der Waals surface area contributed by atoms with Gasteiger partial charge in [0.15, 0.2) is 10.9 Å². The van der Waals surface area contributed by atoms with E-state index in [9.17, 15) is 14.4 Å². The van der Waals surface area contributed by atoms with Crippen molar-refractivity contribution in [3.63, 3.8) is 0 Å². The van der Waals surface area contributed by atoms with Crippen LogP contribution in [0.3, 0.4) is 0 Å². The molecule has 158 valence electrons. The van der Waals surface area contributed by atoms with Crippen molar-refractivity contribution in [2.75, 3.05) is 0 Å². The van der Waals surface area contributed by atoms with Gasteiger partial charge in [-0.2, -0.15) is 0 Å². The van der Waals surface area contributed by atoms with E-state index in [1.54, 1.807) is 6.92 Å². The number of allylic oxidation sites excluding steroid dienone is 1. The molecule has 7 atom stereocenters. The number of hydrogen-bond acceptors (Lipinski definition) is 5. The SMILES string of the molecule is CC(=O)S[C@@H]1CC2=CC(=O)CC[C@]2(C)[C@H]2CC[C@]3(C)[C@@H](CC[C@@]34CCC(=O)O4)[C@@H]12. The molecule has 0 amide bonds. The maximum absolute atomic E-state index is 12.2. The zero-order valence-corrected chi connectivity index (χ0v) is 18.6. The second kappa shape index (κ2) is 6.45. The Kier molecular flexibility index (Phi) is 4.41. The first-order valence-corrected chi connectivity index (χ1v) is 12.2. The molecule has 29 heavy (non-hydrogen) atoms. The zero-order chi connectivity index (χ0) is 20.6. The molecule has 0 unspecified atom stereocenters. The van der Waals surface area contributed by atoms with E-state index in [-0.39, 0.29) is 38.5 Å². The fourth-order valence-electron chi connectivity index (χ4n) is 8.13. The van der Waals surface area contributed by atoms with Gasteiger partial charge in [0.05, 0.1) is 0 Å². The van der Waals surface area contributed by atoms with Gasteiger partial charge in [-0.1, -0.05) is 31.2 Å². The molecule has 1 saturated heterocycles. The molecule has 3 saturated carbocycles. The van der Waals surface area contributed by atoms with Crippen LogP contribution in [0.15, 0.2) is 11.6 Å². The Labute approximate surface area is 177 Å². The normalized spacial score (nSPS) is 48.6. The molecular weight excluding hydrogens is 384 g/mol. The summed E-state index contributed by atoms with van der Waals surface area (Å²) in [5.74, 6) is 1.67. The molecule has 5 aliphatic rings. The van der Waals surface area contributed by atoms with Crippen LogP contribution in [0.4, 0.5) is 0 Å². The first kappa shape index (κ1) is 19.8. The summed E-state index contributed by atoms with van der Waals surface area (Å²) in [4.78, 5) is 36.4. The Morgan fingerprint density at radius 3 is 2.52 bits per heavy atom. The average molecular weight is 417 g/mol. The Balaban J connectivity index is 1.56. The highest BCUT2D eigenvalue weighted by atomic mass is 32.2. The lowest BCUT2D eigenvalue weighted by molar-refractivity contribution is -0.167. The van der Waals surface area contributed by atoms with Crippen molar-refractivity contribution < 1.29 is 19.1 Å². The number of fused-ring (bicyclic) bond motifs is 6. The lowest BCUT2D eigenvalue weighted by Gasteiger charge is -2.61. The van der Waals surface area contributed by atoms with Gasteiger partial charge < -0.3 is 4.74 Å². The van der Waals surface area contributed by atoms with Crippen LogP contribution in [0.5, 0.6) is 0 Å². The minimum atomic E-state index is -0.287.